The molecule has 0 heterocycles. The van der Waals surface area contributed by atoms with Gasteiger partial charge in [-0.1, -0.05) is 6.92 Å². The molecule has 0 aliphatic carbocycles. The normalized spacial score (nSPS) is 10.0. The zero-order valence-corrected chi connectivity index (χ0v) is 10.0. The molecule has 0 radical (unpaired) electrons. The van der Waals surface area contributed by atoms with Crippen molar-refractivity contribution in [3.63, 3.8) is 0 Å². The molecule has 2 N–H and O–H groups in total. The van der Waals surface area contributed by atoms with E-state index in [1.807, 2.05) is 6.92 Å². The average molecular weight is 239 g/mol. The molecule has 0 aliphatic rings. The number of nitrogens with one attached hydrogen (secondary N) is 1. The first-order chi connectivity index (χ1) is 8.17. The fourth-order valence-electron chi connectivity index (χ4n) is 1.27. The maximum atomic E-state index is 11.4. The largest absolute Gasteiger partial charge is 0.504 e. The highest BCUT2D eigenvalue weighted by Gasteiger charge is 2.05. The second-order valence-corrected chi connectivity index (χ2v) is 3.49. The van der Waals surface area contributed by atoms with E-state index in [9.17, 15) is 9.90 Å². The lowest BCUT2D eigenvalue weighted by molar-refractivity contribution is -0.120. The highest BCUT2D eigenvalue weighted by atomic mass is 16.5. The van der Waals surface area contributed by atoms with E-state index in [1.54, 1.807) is 12.1 Å². The number of aromatic hydroxyl groups is 1. The molecule has 0 fully saturated rings. The van der Waals surface area contributed by atoms with E-state index in [0.717, 1.165) is 6.42 Å². The van der Waals surface area contributed by atoms with Crippen LogP contribution in [0.1, 0.15) is 13.3 Å². The number of phenolic OH excluding ortho intramolecular Hbond substituents is 1. The lowest BCUT2D eigenvalue weighted by atomic mass is 10.2. The van der Waals surface area contributed by atoms with Gasteiger partial charge in [0.25, 0.3) is 0 Å². The Labute approximate surface area is 100 Å². The first-order valence-corrected chi connectivity index (χ1v) is 5.42. The predicted molar refractivity (Wildman–Crippen MR) is 64.4 cm³/mol. The van der Waals surface area contributed by atoms with Crippen LogP contribution >= 0.6 is 0 Å². The van der Waals surface area contributed by atoms with Crippen LogP contribution in [0.2, 0.25) is 0 Å². The number of anilines is 1. The Morgan fingerprint density at radius 2 is 2.24 bits per heavy atom. The van der Waals surface area contributed by atoms with Crippen LogP contribution in [0.15, 0.2) is 18.2 Å². The average Bonchev–Trinajstić information content (AvgIpc) is 2.29. The maximum Gasteiger partial charge on any atom is 0.250 e. The number of carbonyl (C=O) groups is 1. The summed E-state index contributed by atoms with van der Waals surface area (Å²) in [4.78, 5) is 11.4. The van der Waals surface area contributed by atoms with Crippen molar-refractivity contribution in [2.45, 2.75) is 13.3 Å². The molecule has 0 aromatic heterocycles. The van der Waals surface area contributed by atoms with Gasteiger partial charge in [-0.15, -0.1) is 0 Å². The number of methoxy groups -OCH3 is 1. The summed E-state index contributed by atoms with van der Waals surface area (Å²) < 4.78 is 9.99. The quantitative estimate of drug-likeness (QED) is 0.742. The molecule has 1 aromatic carbocycles. The van der Waals surface area contributed by atoms with Crippen molar-refractivity contribution in [3.05, 3.63) is 18.2 Å². The molecule has 1 rings (SSSR count). The van der Waals surface area contributed by atoms with Crippen molar-refractivity contribution >= 4 is 11.6 Å². The Morgan fingerprint density at radius 1 is 1.47 bits per heavy atom. The third kappa shape index (κ3) is 4.32. The van der Waals surface area contributed by atoms with Crippen molar-refractivity contribution in [1.82, 2.24) is 0 Å². The van der Waals surface area contributed by atoms with Gasteiger partial charge in [-0.3, -0.25) is 4.79 Å². The van der Waals surface area contributed by atoms with Gasteiger partial charge in [0.1, 0.15) is 6.61 Å². The molecule has 5 nitrogen and oxygen atoms in total. The Morgan fingerprint density at radius 3 is 2.82 bits per heavy atom. The van der Waals surface area contributed by atoms with E-state index in [2.05, 4.69) is 5.32 Å². The summed E-state index contributed by atoms with van der Waals surface area (Å²) in [5.74, 6) is 0.105. The van der Waals surface area contributed by atoms with Crippen LogP contribution in [-0.2, 0) is 9.53 Å². The SMILES string of the molecule is CCCOCC(=O)Nc1ccc(OC)c(O)c1. The van der Waals surface area contributed by atoms with Crippen LogP contribution in [-0.4, -0.2) is 31.3 Å². The highest BCUT2D eigenvalue weighted by molar-refractivity contribution is 5.92. The molecular weight excluding hydrogens is 222 g/mol. The van der Waals surface area contributed by atoms with E-state index >= 15 is 0 Å². The Hall–Kier alpha value is -1.75. The number of amides is 1. The predicted octanol–water partition coefficient (Wildman–Crippen LogP) is 1.77. The molecule has 5 heteroatoms. The molecule has 0 saturated heterocycles. The van der Waals surface area contributed by atoms with Crippen LogP contribution in [0.25, 0.3) is 0 Å². The van der Waals surface area contributed by atoms with Crippen molar-refractivity contribution in [2.75, 3.05) is 25.6 Å². The fourth-order valence-corrected chi connectivity index (χ4v) is 1.27. The van der Waals surface area contributed by atoms with Gasteiger partial charge >= 0.3 is 0 Å². The standard InChI is InChI=1S/C12H17NO4/c1-3-6-17-8-12(15)13-9-4-5-11(16-2)10(14)7-9/h4-5,7,14H,3,6,8H2,1-2H3,(H,13,15). The van der Waals surface area contributed by atoms with Crippen molar-refractivity contribution < 1.29 is 19.4 Å². The zero-order chi connectivity index (χ0) is 12.7. The van der Waals surface area contributed by atoms with E-state index in [0.29, 0.717) is 18.0 Å². The molecule has 0 saturated carbocycles. The van der Waals surface area contributed by atoms with Gasteiger partial charge in [-0.05, 0) is 18.6 Å². The highest BCUT2D eigenvalue weighted by Crippen LogP contribution is 2.28. The van der Waals surface area contributed by atoms with Gasteiger partial charge < -0.3 is 19.9 Å². The summed E-state index contributed by atoms with van der Waals surface area (Å²) in [5.41, 5.74) is 0.508. The molecule has 0 atom stereocenters. The molecule has 17 heavy (non-hydrogen) atoms. The summed E-state index contributed by atoms with van der Waals surface area (Å²) in [5, 5.41) is 12.1. The molecule has 1 amide bonds. The van der Waals surface area contributed by atoms with Crippen LogP contribution in [0.5, 0.6) is 11.5 Å². The van der Waals surface area contributed by atoms with Crippen molar-refractivity contribution in [3.8, 4) is 11.5 Å². The van der Waals surface area contributed by atoms with Crippen LogP contribution < -0.4 is 10.1 Å². The minimum Gasteiger partial charge on any atom is -0.504 e. The summed E-state index contributed by atoms with van der Waals surface area (Å²) in [6.07, 6.45) is 0.872. The molecule has 0 aliphatic heterocycles. The zero-order valence-electron chi connectivity index (χ0n) is 10.0. The van der Waals surface area contributed by atoms with E-state index in [1.165, 1.54) is 13.2 Å². The van der Waals surface area contributed by atoms with Crippen LogP contribution in [0, 0.1) is 0 Å². The molecule has 0 unspecified atom stereocenters. The Bertz CT molecular complexity index is 379. The van der Waals surface area contributed by atoms with Crippen molar-refractivity contribution in [1.29, 1.82) is 0 Å². The number of hydrogen-bond donors (Lipinski definition) is 2. The number of carbonyl (C=O) groups excluding carboxylic acids is 1. The molecule has 1 aromatic rings. The molecular formula is C12H17NO4. The molecule has 0 bridgehead atoms. The molecule has 0 spiro atoms. The van der Waals surface area contributed by atoms with E-state index < -0.39 is 0 Å². The second kappa shape index (κ2) is 6.75. The van der Waals surface area contributed by atoms with E-state index in [-0.39, 0.29) is 18.3 Å². The first-order valence-electron chi connectivity index (χ1n) is 5.42. The summed E-state index contributed by atoms with van der Waals surface area (Å²) in [6, 6.07) is 4.66. The van der Waals surface area contributed by atoms with Gasteiger partial charge in [-0.25, -0.2) is 0 Å². The van der Waals surface area contributed by atoms with Crippen LogP contribution in [0.4, 0.5) is 5.69 Å². The number of hydrogen-bond acceptors (Lipinski definition) is 4. The first kappa shape index (κ1) is 13.3. The smallest absolute Gasteiger partial charge is 0.250 e. The number of ether oxygens (including phenoxy) is 2. The summed E-state index contributed by atoms with van der Waals surface area (Å²) in [6.45, 7) is 2.54. The summed E-state index contributed by atoms with van der Waals surface area (Å²) in [7, 11) is 1.46. The monoisotopic (exact) mass is 239 g/mol. The summed E-state index contributed by atoms with van der Waals surface area (Å²) >= 11 is 0. The van der Waals surface area contributed by atoms with Gasteiger partial charge in [0.15, 0.2) is 11.5 Å². The maximum absolute atomic E-state index is 11.4. The number of rotatable bonds is 6. The fraction of sp³-hybridized carbons (Fsp3) is 0.417. The number of phenols is 1. The lowest BCUT2D eigenvalue weighted by Crippen LogP contribution is -2.18. The second-order valence-electron chi connectivity index (χ2n) is 3.49. The molecule has 94 valence electrons. The van der Waals surface area contributed by atoms with Gasteiger partial charge in [0.05, 0.1) is 7.11 Å². The van der Waals surface area contributed by atoms with Gasteiger partial charge in [0.2, 0.25) is 5.91 Å². The van der Waals surface area contributed by atoms with Crippen molar-refractivity contribution in [2.24, 2.45) is 0 Å². The van der Waals surface area contributed by atoms with Gasteiger partial charge in [0, 0.05) is 18.4 Å². The minimum absolute atomic E-state index is 0.0141. The minimum atomic E-state index is -0.247. The number of benzene rings is 1. The lowest BCUT2D eigenvalue weighted by Gasteiger charge is -2.08. The third-order valence-electron chi connectivity index (χ3n) is 2.04. The van der Waals surface area contributed by atoms with Gasteiger partial charge in [-0.2, -0.15) is 0 Å². The Balaban J connectivity index is 2.51. The topological polar surface area (TPSA) is 67.8 Å². The van der Waals surface area contributed by atoms with E-state index in [4.69, 9.17) is 9.47 Å². The third-order valence-corrected chi connectivity index (χ3v) is 2.04. The van der Waals surface area contributed by atoms with Crippen LogP contribution in [0.3, 0.4) is 0 Å². The Kier molecular flexibility index (Phi) is 5.29.